The topological polar surface area (TPSA) is 72.0 Å². The number of rotatable bonds is 5. The first-order chi connectivity index (χ1) is 14.9. The van der Waals surface area contributed by atoms with E-state index in [0.29, 0.717) is 18.0 Å². The Bertz CT molecular complexity index is 1060. The van der Waals surface area contributed by atoms with E-state index in [4.69, 9.17) is 9.47 Å². The molecule has 0 aliphatic carbocycles. The Morgan fingerprint density at radius 2 is 2.06 bits per heavy atom. The molecule has 4 heterocycles. The molecule has 0 saturated carbocycles. The minimum absolute atomic E-state index is 0.0743. The summed E-state index contributed by atoms with van der Waals surface area (Å²) in [5.74, 6) is 1.53. The molecule has 8 heteroatoms. The maximum Gasteiger partial charge on any atom is 0.213 e. The lowest BCUT2D eigenvalue weighted by atomic mass is 10.0. The van der Waals surface area contributed by atoms with Gasteiger partial charge in [0, 0.05) is 69.6 Å². The summed E-state index contributed by atoms with van der Waals surface area (Å²) < 4.78 is 35.1. The highest BCUT2D eigenvalue weighted by molar-refractivity contribution is 7.90. The number of hydrogen-bond donors (Lipinski definition) is 0. The van der Waals surface area contributed by atoms with Crippen LogP contribution in [0.3, 0.4) is 0 Å². The average Bonchev–Trinajstić information content (AvgIpc) is 3.38. The lowest BCUT2D eigenvalue weighted by Gasteiger charge is -2.40. The molecule has 2 saturated heterocycles. The Morgan fingerprint density at radius 3 is 2.84 bits per heavy atom. The lowest BCUT2D eigenvalue weighted by Crippen LogP contribution is -2.50. The monoisotopic (exact) mass is 443 g/mol. The van der Waals surface area contributed by atoms with Gasteiger partial charge in [0.15, 0.2) is 9.84 Å². The van der Waals surface area contributed by atoms with Gasteiger partial charge in [-0.3, -0.25) is 9.80 Å². The van der Waals surface area contributed by atoms with Gasteiger partial charge < -0.3 is 9.47 Å². The van der Waals surface area contributed by atoms with Crippen LogP contribution in [0.1, 0.15) is 30.5 Å². The number of hydrogen-bond acceptors (Lipinski definition) is 7. The van der Waals surface area contributed by atoms with Crippen molar-refractivity contribution in [2.24, 2.45) is 0 Å². The first kappa shape index (κ1) is 20.7. The van der Waals surface area contributed by atoms with Gasteiger partial charge in [-0.15, -0.1) is 0 Å². The fraction of sp³-hybridized carbons (Fsp3) is 0.522. The number of ether oxygens (including phenoxy) is 2. The summed E-state index contributed by atoms with van der Waals surface area (Å²) in [7, 11) is -3.24. The van der Waals surface area contributed by atoms with Gasteiger partial charge in [0.2, 0.25) is 5.88 Å². The van der Waals surface area contributed by atoms with Crippen molar-refractivity contribution in [3.05, 3.63) is 47.7 Å². The lowest BCUT2D eigenvalue weighted by molar-refractivity contribution is 0.0760. The normalized spacial score (nSPS) is 25.0. The number of fused-ring (bicyclic) bond motifs is 2. The van der Waals surface area contributed by atoms with E-state index in [9.17, 15) is 8.42 Å². The predicted molar refractivity (Wildman–Crippen MR) is 117 cm³/mol. The summed E-state index contributed by atoms with van der Waals surface area (Å²) >= 11 is 0. The SMILES string of the molecule is CC(c1ccc2c(c1)OCC2)N1CCN2CC(Oc3ccc(S(C)(=O)=O)cn3)CC2C1. The van der Waals surface area contributed by atoms with E-state index in [0.717, 1.165) is 51.4 Å². The van der Waals surface area contributed by atoms with Crippen LogP contribution in [0.4, 0.5) is 0 Å². The number of aromatic nitrogens is 1. The largest absolute Gasteiger partial charge is 0.493 e. The third-order valence-corrected chi connectivity index (χ3v) is 7.88. The Labute approximate surface area is 183 Å². The average molecular weight is 444 g/mol. The van der Waals surface area contributed by atoms with E-state index in [-0.39, 0.29) is 11.0 Å². The zero-order valence-electron chi connectivity index (χ0n) is 18.0. The molecule has 2 aromatic rings. The van der Waals surface area contributed by atoms with E-state index in [2.05, 4.69) is 39.9 Å². The van der Waals surface area contributed by atoms with Crippen molar-refractivity contribution in [2.75, 3.05) is 39.0 Å². The summed E-state index contributed by atoms with van der Waals surface area (Å²) in [5.41, 5.74) is 2.63. The maximum absolute atomic E-state index is 11.6. The van der Waals surface area contributed by atoms with Crippen LogP contribution in [0.15, 0.2) is 41.4 Å². The van der Waals surface area contributed by atoms with Gasteiger partial charge in [-0.2, -0.15) is 0 Å². The van der Waals surface area contributed by atoms with E-state index in [1.165, 1.54) is 23.6 Å². The van der Waals surface area contributed by atoms with Crippen molar-refractivity contribution < 1.29 is 17.9 Å². The highest BCUT2D eigenvalue weighted by atomic mass is 32.2. The predicted octanol–water partition coefficient (Wildman–Crippen LogP) is 2.32. The minimum atomic E-state index is -3.24. The molecule has 7 nitrogen and oxygen atoms in total. The number of nitrogens with zero attached hydrogens (tertiary/aromatic N) is 3. The molecule has 0 N–H and O–H groups in total. The zero-order chi connectivity index (χ0) is 21.6. The number of sulfone groups is 1. The summed E-state index contributed by atoms with van der Waals surface area (Å²) in [6.45, 7) is 7.03. The third kappa shape index (κ3) is 4.29. The van der Waals surface area contributed by atoms with Crippen LogP contribution in [0.2, 0.25) is 0 Å². The minimum Gasteiger partial charge on any atom is -0.493 e. The highest BCUT2D eigenvalue weighted by Crippen LogP contribution is 2.33. The number of piperazine rings is 1. The molecule has 3 atom stereocenters. The maximum atomic E-state index is 11.6. The first-order valence-corrected chi connectivity index (χ1v) is 12.8. The smallest absolute Gasteiger partial charge is 0.213 e. The van der Waals surface area contributed by atoms with Gasteiger partial charge in [-0.05, 0) is 30.2 Å². The Balaban J connectivity index is 1.20. The van der Waals surface area contributed by atoms with Gasteiger partial charge >= 0.3 is 0 Å². The fourth-order valence-corrected chi connectivity index (χ4v) is 5.50. The first-order valence-electron chi connectivity index (χ1n) is 10.9. The van der Waals surface area contributed by atoms with E-state index in [1.807, 2.05) is 0 Å². The van der Waals surface area contributed by atoms with E-state index in [1.54, 1.807) is 12.1 Å². The molecule has 0 bridgehead atoms. The van der Waals surface area contributed by atoms with Crippen molar-refractivity contribution in [2.45, 2.75) is 42.8 Å². The van der Waals surface area contributed by atoms with Gasteiger partial charge in [0.1, 0.15) is 11.9 Å². The molecule has 166 valence electrons. The summed E-state index contributed by atoms with van der Waals surface area (Å²) in [6, 6.07) is 10.7. The fourth-order valence-electron chi connectivity index (χ4n) is 4.94. The third-order valence-electron chi connectivity index (χ3n) is 6.78. The van der Waals surface area contributed by atoms with E-state index < -0.39 is 9.84 Å². The Morgan fingerprint density at radius 1 is 1.19 bits per heavy atom. The Hall–Kier alpha value is -2.16. The number of benzene rings is 1. The van der Waals surface area contributed by atoms with Crippen LogP contribution in [0.5, 0.6) is 11.6 Å². The molecule has 1 aromatic heterocycles. The molecule has 3 aliphatic heterocycles. The summed E-state index contributed by atoms with van der Waals surface area (Å²) in [5, 5.41) is 0. The molecular formula is C23H29N3O4S. The summed E-state index contributed by atoms with van der Waals surface area (Å²) in [6.07, 6.45) is 4.59. The van der Waals surface area contributed by atoms with Crippen molar-refractivity contribution in [3.8, 4) is 11.6 Å². The van der Waals surface area contributed by atoms with Crippen LogP contribution in [0.25, 0.3) is 0 Å². The van der Waals surface area contributed by atoms with Crippen LogP contribution in [0, 0.1) is 0 Å². The van der Waals surface area contributed by atoms with Gasteiger partial charge in [-0.1, -0.05) is 12.1 Å². The molecule has 0 radical (unpaired) electrons. The van der Waals surface area contributed by atoms with Crippen LogP contribution in [-0.2, 0) is 16.3 Å². The molecule has 2 fully saturated rings. The van der Waals surface area contributed by atoms with Gasteiger partial charge in [0.05, 0.1) is 11.5 Å². The second kappa shape index (κ2) is 8.07. The second-order valence-electron chi connectivity index (χ2n) is 8.87. The quantitative estimate of drug-likeness (QED) is 0.702. The van der Waals surface area contributed by atoms with Crippen molar-refractivity contribution in [1.29, 1.82) is 0 Å². The van der Waals surface area contributed by atoms with Gasteiger partial charge in [-0.25, -0.2) is 13.4 Å². The standard InChI is InChI=1S/C23H29N3O4S/c1-16(18-4-3-17-7-10-29-22(17)11-18)25-8-9-26-15-20(12-19(26)14-25)30-23-6-5-21(13-24-23)31(2,27)28/h3-6,11,13,16,19-20H,7-10,12,14-15H2,1-2H3. The van der Waals surface area contributed by atoms with Crippen molar-refractivity contribution in [3.63, 3.8) is 0 Å². The molecule has 3 aliphatic rings. The molecule has 0 amide bonds. The van der Waals surface area contributed by atoms with Crippen LogP contribution in [-0.4, -0.2) is 74.4 Å². The highest BCUT2D eigenvalue weighted by Gasteiger charge is 2.38. The van der Waals surface area contributed by atoms with Gasteiger partial charge in [0.25, 0.3) is 0 Å². The van der Waals surface area contributed by atoms with Crippen molar-refractivity contribution >= 4 is 9.84 Å². The molecule has 1 aromatic carbocycles. The molecule has 3 unspecified atom stereocenters. The molecule has 31 heavy (non-hydrogen) atoms. The zero-order valence-corrected chi connectivity index (χ0v) is 18.8. The second-order valence-corrected chi connectivity index (χ2v) is 10.9. The molecule has 0 spiro atoms. The molecular weight excluding hydrogens is 414 g/mol. The number of pyridine rings is 1. The Kier molecular flexibility index (Phi) is 5.40. The van der Waals surface area contributed by atoms with Crippen LogP contribution >= 0.6 is 0 Å². The summed E-state index contributed by atoms with van der Waals surface area (Å²) in [4.78, 5) is 9.47. The molecule has 5 rings (SSSR count). The van der Waals surface area contributed by atoms with Crippen molar-refractivity contribution in [1.82, 2.24) is 14.8 Å². The van der Waals surface area contributed by atoms with E-state index >= 15 is 0 Å². The van der Waals surface area contributed by atoms with Crippen LogP contribution < -0.4 is 9.47 Å².